The van der Waals surface area contributed by atoms with Crippen molar-refractivity contribution in [2.45, 2.75) is 19.4 Å². The van der Waals surface area contributed by atoms with Gasteiger partial charge < -0.3 is 9.32 Å². The molecule has 1 aromatic carbocycles. The SMILES string of the molecule is O=C1NC(=O)N(Cc2ccco2)C(=O)C1=Cc1ccc(N2CCCC2)cc1F. The average molecular weight is 383 g/mol. The van der Waals surface area contributed by atoms with Crippen LogP contribution in [0.3, 0.4) is 0 Å². The van der Waals surface area contributed by atoms with Crippen molar-refractivity contribution in [3.8, 4) is 0 Å². The van der Waals surface area contributed by atoms with Crippen LogP contribution < -0.4 is 10.2 Å². The van der Waals surface area contributed by atoms with Crippen molar-refractivity contribution in [3.63, 3.8) is 0 Å². The molecule has 4 rings (SSSR count). The lowest BCUT2D eigenvalue weighted by atomic mass is 10.1. The van der Waals surface area contributed by atoms with E-state index >= 15 is 0 Å². The Labute approximate surface area is 160 Å². The topological polar surface area (TPSA) is 82.9 Å². The summed E-state index contributed by atoms with van der Waals surface area (Å²) in [5.41, 5.74) is 0.568. The Morgan fingerprint density at radius 1 is 1.14 bits per heavy atom. The predicted molar refractivity (Wildman–Crippen MR) is 98.6 cm³/mol. The monoisotopic (exact) mass is 383 g/mol. The van der Waals surface area contributed by atoms with Gasteiger partial charge in [0, 0.05) is 24.3 Å². The molecule has 0 unspecified atom stereocenters. The van der Waals surface area contributed by atoms with Gasteiger partial charge >= 0.3 is 6.03 Å². The quantitative estimate of drug-likeness (QED) is 0.648. The van der Waals surface area contributed by atoms with Crippen molar-refractivity contribution in [2.24, 2.45) is 0 Å². The maximum absolute atomic E-state index is 14.6. The van der Waals surface area contributed by atoms with Crippen molar-refractivity contribution in [3.05, 3.63) is 59.3 Å². The number of furan rings is 1. The zero-order chi connectivity index (χ0) is 19.7. The van der Waals surface area contributed by atoms with Crippen molar-refractivity contribution < 1.29 is 23.2 Å². The third-order valence-electron chi connectivity index (χ3n) is 4.83. The predicted octanol–water partition coefficient (Wildman–Crippen LogP) is 2.68. The van der Waals surface area contributed by atoms with Gasteiger partial charge in [-0.3, -0.25) is 19.8 Å². The summed E-state index contributed by atoms with van der Waals surface area (Å²) in [6.45, 7) is 1.63. The Kier molecular flexibility index (Phi) is 4.68. The van der Waals surface area contributed by atoms with Gasteiger partial charge in [0.1, 0.15) is 17.2 Å². The molecule has 2 aliphatic heterocycles. The van der Waals surface area contributed by atoms with E-state index in [1.165, 1.54) is 24.5 Å². The first-order chi connectivity index (χ1) is 13.5. The molecule has 4 amide bonds. The molecule has 0 bridgehead atoms. The van der Waals surface area contributed by atoms with Gasteiger partial charge in [-0.25, -0.2) is 9.18 Å². The van der Waals surface area contributed by atoms with Crippen LogP contribution in [0.4, 0.5) is 14.9 Å². The minimum absolute atomic E-state index is 0.105. The van der Waals surface area contributed by atoms with Crippen LogP contribution in [-0.4, -0.2) is 35.8 Å². The van der Waals surface area contributed by atoms with Gasteiger partial charge in [-0.05, 0) is 49.2 Å². The van der Waals surface area contributed by atoms with Crippen molar-refractivity contribution in [1.29, 1.82) is 0 Å². The molecule has 0 aliphatic carbocycles. The molecular weight excluding hydrogens is 365 g/mol. The fraction of sp³-hybridized carbons (Fsp3) is 0.250. The summed E-state index contributed by atoms with van der Waals surface area (Å²) in [5, 5.41) is 2.10. The third-order valence-corrected chi connectivity index (χ3v) is 4.83. The molecule has 7 nitrogen and oxygen atoms in total. The highest BCUT2D eigenvalue weighted by Gasteiger charge is 2.36. The van der Waals surface area contributed by atoms with Crippen LogP contribution in [0.25, 0.3) is 6.08 Å². The van der Waals surface area contributed by atoms with Crippen molar-refractivity contribution in [2.75, 3.05) is 18.0 Å². The number of rotatable bonds is 4. The van der Waals surface area contributed by atoms with Crippen LogP contribution in [0.2, 0.25) is 0 Å². The molecule has 8 heteroatoms. The number of nitrogens with one attached hydrogen (secondary N) is 1. The molecule has 144 valence electrons. The van der Waals surface area contributed by atoms with Gasteiger partial charge in [0.2, 0.25) is 0 Å². The summed E-state index contributed by atoms with van der Waals surface area (Å²) in [6.07, 6.45) is 4.73. The number of imide groups is 2. The van der Waals surface area contributed by atoms with Gasteiger partial charge in [0.05, 0.1) is 12.8 Å². The fourth-order valence-electron chi connectivity index (χ4n) is 3.36. The molecule has 2 aliphatic rings. The van der Waals surface area contributed by atoms with Gasteiger partial charge in [-0.1, -0.05) is 0 Å². The molecular formula is C20H18FN3O4. The van der Waals surface area contributed by atoms with E-state index in [4.69, 9.17) is 4.42 Å². The molecule has 2 fully saturated rings. The first kappa shape index (κ1) is 18.0. The van der Waals surface area contributed by atoms with Crippen LogP contribution in [-0.2, 0) is 16.1 Å². The van der Waals surface area contributed by atoms with Crippen LogP contribution in [0.15, 0.2) is 46.6 Å². The van der Waals surface area contributed by atoms with Crippen LogP contribution in [0.1, 0.15) is 24.2 Å². The number of amides is 4. The highest BCUT2D eigenvalue weighted by atomic mass is 19.1. The average Bonchev–Trinajstić information content (AvgIpc) is 3.37. The number of anilines is 1. The number of benzene rings is 1. The number of carbonyl (C=O) groups excluding carboxylic acids is 3. The molecule has 0 radical (unpaired) electrons. The van der Waals surface area contributed by atoms with E-state index < -0.39 is 23.7 Å². The minimum Gasteiger partial charge on any atom is -0.467 e. The number of nitrogens with zero attached hydrogens (tertiary/aromatic N) is 2. The fourth-order valence-corrected chi connectivity index (χ4v) is 3.36. The number of hydrogen-bond donors (Lipinski definition) is 1. The standard InChI is InChI=1S/C20H18FN3O4/c21-17-11-14(23-7-1-2-8-23)6-5-13(17)10-16-18(25)22-20(27)24(19(16)26)12-15-4-3-9-28-15/h3-6,9-11H,1-2,7-8,12H2,(H,22,25,27). The maximum atomic E-state index is 14.6. The van der Waals surface area contributed by atoms with E-state index in [-0.39, 0.29) is 17.7 Å². The highest BCUT2D eigenvalue weighted by Crippen LogP contribution is 2.25. The molecule has 28 heavy (non-hydrogen) atoms. The van der Waals surface area contributed by atoms with Crippen molar-refractivity contribution >= 4 is 29.6 Å². The second kappa shape index (κ2) is 7.30. The van der Waals surface area contributed by atoms with Crippen molar-refractivity contribution in [1.82, 2.24) is 10.2 Å². The van der Waals surface area contributed by atoms with E-state index in [0.717, 1.165) is 36.5 Å². The number of barbiturate groups is 1. The third kappa shape index (κ3) is 3.40. The van der Waals surface area contributed by atoms with Gasteiger partial charge in [-0.2, -0.15) is 0 Å². The van der Waals surface area contributed by atoms with Gasteiger partial charge in [0.25, 0.3) is 11.8 Å². The lowest BCUT2D eigenvalue weighted by molar-refractivity contribution is -0.130. The lowest BCUT2D eigenvalue weighted by Gasteiger charge is -2.25. The molecule has 0 atom stereocenters. The smallest absolute Gasteiger partial charge is 0.331 e. The minimum atomic E-state index is -0.853. The van der Waals surface area contributed by atoms with Crippen LogP contribution in [0.5, 0.6) is 0 Å². The van der Waals surface area contributed by atoms with E-state index in [0.29, 0.717) is 5.76 Å². The molecule has 2 aromatic rings. The second-order valence-corrected chi connectivity index (χ2v) is 6.69. The molecule has 1 aromatic heterocycles. The van der Waals surface area contributed by atoms with E-state index in [1.54, 1.807) is 18.2 Å². The summed E-state index contributed by atoms with van der Waals surface area (Å²) in [5.74, 6) is -1.80. The number of urea groups is 1. The van der Waals surface area contributed by atoms with Crippen LogP contribution in [0, 0.1) is 5.82 Å². The zero-order valence-corrected chi connectivity index (χ0v) is 15.0. The van der Waals surface area contributed by atoms with Gasteiger partial charge in [0.15, 0.2) is 0 Å². The van der Waals surface area contributed by atoms with Crippen LogP contribution >= 0.6 is 0 Å². The number of hydrogen-bond acceptors (Lipinski definition) is 5. The molecule has 0 spiro atoms. The molecule has 1 N–H and O–H groups in total. The lowest BCUT2D eigenvalue weighted by Crippen LogP contribution is -2.53. The summed E-state index contributed by atoms with van der Waals surface area (Å²) >= 11 is 0. The summed E-state index contributed by atoms with van der Waals surface area (Å²) in [4.78, 5) is 39.8. The Hall–Kier alpha value is -3.42. The first-order valence-corrected chi connectivity index (χ1v) is 8.98. The summed E-state index contributed by atoms with van der Waals surface area (Å²) in [6, 6.07) is 7.09. The number of carbonyl (C=O) groups is 3. The second-order valence-electron chi connectivity index (χ2n) is 6.69. The molecule has 2 saturated heterocycles. The van der Waals surface area contributed by atoms with Gasteiger partial charge in [-0.15, -0.1) is 0 Å². The Balaban J connectivity index is 1.61. The normalized spacial score (nSPS) is 18.9. The van der Waals surface area contributed by atoms with E-state index in [1.807, 2.05) is 0 Å². The highest BCUT2D eigenvalue weighted by molar-refractivity contribution is 6.30. The summed E-state index contributed by atoms with van der Waals surface area (Å²) < 4.78 is 19.7. The maximum Gasteiger partial charge on any atom is 0.331 e. The molecule has 0 saturated carbocycles. The largest absolute Gasteiger partial charge is 0.467 e. The molecule has 3 heterocycles. The summed E-state index contributed by atoms with van der Waals surface area (Å²) in [7, 11) is 0. The van der Waals surface area contributed by atoms with E-state index in [2.05, 4.69) is 10.2 Å². The Morgan fingerprint density at radius 3 is 2.61 bits per heavy atom. The first-order valence-electron chi connectivity index (χ1n) is 8.98. The van der Waals surface area contributed by atoms with E-state index in [9.17, 15) is 18.8 Å². The number of halogens is 1. The Morgan fingerprint density at radius 2 is 1.93 bits per heavy atom. The Bertz CT molecular complexity index is 962. The zero-order valence-electron chi connectivity index (χ0n) is 15.0.